The summed E-state index contributed by atoms with van der Waals surface area (Å²) >= 11 is 0. The van der Waals surface area contributed by atoms with Crippen LogP contribution in [0.4, 0.5) is 10.1 Å². The van der Waals surface area contributed by atoms with Gasteiger partial charge < -0.3 is 24.8 Å². The number of benzene rings is 1. The number of esters is 1. The van der Waals surface area contributed by atoms with Crippen LogP contribution in [-0.2, 0) is 14.3 Å². The molecular weight excluding hydrogens is 331 g/mol. The zero-order chi connectivity index (χ0) is 18.6. The zero-order valence-electron chi connectivity index (χ0n) is 14.3. The molecule has 0 saturated carbocycles. The Kier molecular flexibility index (Phi) is 5.97. The molecule has 1 amide bonds. The molecule has 0 unspecified atom stereocenters. The van der Waals surface area contributed by atoms with Crippen LogP contribution in [0, 0.1) is 5.82 Å². The van der Waals surface area contributed by atoms with Gasteiger partial charge in [0.25, 0.3) is 5.91 Å². The molecule has 2 N–H and O–H groups in total. The number of carbonyl (C=O) groups is 2. The maximum atomic E-state index is 13.6. The number of methoxy groups -OCH3 is 1. The van der Waals surface area contributed by atoms with Gasteiger partial charge in [-0.2, -0.15) is 0 Å². The third kappa shape index (κ3) is 4.27. The summed E-state index contributed by atoms with van der Waals surface area (Å²) in [7, 11) is 1.21. The fraction of sp³-hybridized carbons (Fsp3) is 0.412. The molecule has 2 rings (SSSR count). The lowest BCUT2D eigenvalue weighted by molar-refractivity contribution is -0.136. The summed E-state index contributed by atoms with van der Waals surface area (Å²) in [5.74, 6) is -1.31. The molecule has 0 bridgehead atoms. The molecule has 8 heteroatoms. The Morgan fingerprint density at radius 1 is 1.44 bits per heavy atom. The second kappa shape index (κ2) is 7.98. The van der Waals surface area contributed by atoms with Crippen LogP contribution in [0.1, 0.15) is 13.8 Å². The van der Waals surface area contributed by atoms with Gasteiger partial charge in [0.1, 0.15) is 17.3 Å². The van der Waals surface area contributed by atoms with Gasteiger partial charge >= 0.3 is 5.97 Å². The second-order valence-corrected chi connectivity index (χ2v) is 5.73. The van der Waals surface area contributed by atoms with Gasteiger partial charge in [-0.3, -0.25) is 4.79 Å². The minimum atomic E-state index is -0.668. The normalized spacial score (nSPS) is 14.3. The van der Waals surface area contributed by atoms with Crippen molar-refractivity contribution in [1.82, 2.24) is 4.90 Å². The van der Waals surface area contributed by atoms with E-state index in [1.54, 1.807) is 0 Å². The molecular formula is C17H21FN2O5. The molecule has 1 aliphatic heterocycles. The minimum Gasteiger partial charge on any atom is -0.489 e. The third-order valence-electron chi connectivity index (χ3n) is 3.52. The number of nitrogens with zero attached hydrogens (tertiary/aromatic N) is 1. The fourth-order valence-electron chi connectivity index (χ4n) is 2.44. The fourth-order valence-corrected chi connectivity index (χ4v) is 2.44. The molecule has 1 aliphatic rings. The van der Waals surface area contributed by atoms with Crippen molar-refractivity contribution >= 4 is 17.6 Å². The molecule has 0 radical (unpaired) electrons. The van der Waals surface area contributed by atoms with E-state index in [0.29, 0.717) is 5.75 Å². The molecule has 0 saturated heterocycles. The Bertz CT molecular complexity index is 702. The van der Waals surface area contributed by atoms with Crippen molar-refractivity contribution < 1.29 is 28.6 Å². The number of aliphatic hydroxyl groups excluding tert-OH is 1. The lowest BCUT2D eigenvalue weighted by Gasteiger charge is -2.17. The lowest BCUT2D eigenvalue weighted by atomic mass is 10.2. The van der Waals surface area contributed by atoms with Gasteiger partial charge in [-0.15, -0.1) is 0 Å². The maximum Gasteiger partial charge on any atom is 0.337 e. The van der Waals surface area contributed by atoms with Gasteiger partial charge in [-0.25, -0.2) is 9.18 Å². The monoisotopic (exact) mass is 352 g/mol. The predicted octanol–water partition coefficient (Wildman–Crippen LogP) is 1.29. The van der Waals surface area contributed by atoms with E-state index >= 15 is 0 Å². The van der Waals surface area contributed by atoms with Crippen LogP contribution >= 0.6 is 0 Å². The Hall–Kier alpha value is -2.61. The first-order chi connectivity index (χ1) is 11.9. The Balaban J connectivity index is 2.39. The number of halogens is 1. The summed E-state index contributed by atoms with van der Waals surface area (Å²) in [4.78, 5) is 25.8. The lowest BCUT2D eigenvalue weighted by Crippen LogP contribution is -2.31. The van der Waals surface area contributed by atoms with Crippen LogP contribution < -0.4 is 10.1 Å². The van der Waals surface area contributed by atoms with Crippen molar-refractivity contribution in [3.8, 4) is 5.75 Å². The predicted molar refractivity (Wildman–Crippen MR) is 88.5 cm³/mol. The van der Waals surface area contributed by atoms with Crippen LogP contribution in [0.2, 0.25) is 0 Å². The number of rotatable bonds is 7. The number of nitrogens with one attached hydrogen (secondary N) is 1. The summed E-state index contributed by atoms with van der Waals surface area (Å²) in [6, 6.07) is 3.87. The van der Waals surface area contributed by atoms with Crippen molar-refractivity contribution in [3.05, 3.63) is 35.3 Å². The minimum absolute atomic E-state index is 0.00405. The highest BCUT2D eigenvalue weighted by Gasteiger charge is 2.34. The van der Waals surface area contributed by atoms with Crippen molar-refractivity contribution in [3.63, 3.8) is 0 Å². The van der Waals surface area contributed by atoms with Crippen LogP contribution in [0.15, 0.2) is 29.5 Å². The third-order valence-corrected chi connectivity index (χ3v) is 3.52. The number of ether oxygens (including phenoxy) is 2. The van der Waals surface area contributed by atoms with Gasteiger partial charge in [0.2, 0.25) is 0 Å². The van der Waals surface area contributed by atoms with E-state index in [4.69, 9.17) is 14.6 Å². The standard InChI is InChI=1S/C17H21FN2O5/c1-10(2)25-14-5-4-11(18)8-13(14)19-15-12(17(23)24-3)9-20(6-7-21)16(15)22/h4-5,8,10,19,21H,6-7,9H2,1-3H3. The van der Waals surface area contributed by atoms with Crippen LogP contribution in [-0.4, -0.2) is 54.8 Å². The Labute approximate surface area is 145 Å². The topological polar surface area (TPSA) is 88.1 Å². The van der Waals surface area contributed by atoms with E-state index in [2.05, 4.69) is 5.32 Å². The Morgan fingerprint density at radius 3 is 2.76 bits per heavy atom. The zero-order valence-corrected chi connectivity index (χ0v) is 14.3. The first-order valence-corrected chi connectivity index (χ1v) is 7.82. The van der Waals surface area contributed by atoms with Gasteiger partial charge in [0, 0.05) is 12.6 Å². The van der Waals surface area contributed by atoms with Crippen molar-refractivity contribution in [1.29, 1.82) is 0 Å². The summed E-state index contributed by atoms with van der Waals surface area (Å²) in [5, 5.41) is 11.9. The molecule has 0 atom stereocenters. The quantitative estimate of drug-likeness (QED) is 0.719. The number of anilines is 1. The summed E-state index contributed by atoms with van der Waals surface area (Å²) in [6.45, 7) is 3.47. The number of hydrogen-bond acceptors (Lipinski definition) is 6. The van der Waals surface area contributed by atoms with E-state index in [0.717, 1.165) is 0 Å². The highest BCUT2D eigenvalue weighted by atomic mass is 19.1. The van der Waals surface area contributed by atoms with Crippen molar-refractivity contribution in [2.45, 2.75) is 20.0 Å². The molecule has 136 valence electrons. The van der Waals surface area contributed by atoms with Gasteiger partial charge in [0.15, 0.2) is 0 Å². The van der Waals surface area contributed by atoms with E-state index < -0.39 is 17.7 Å². The van der Waals surface area contributed by atoms with E-state index in [1.165, 1.54) is 30.2 Å². The number of β-amino-alcohol motifs (C(OH)–C–C–N with tert-alkyl or cyclic N) is 1. The van der Waals surface area contributed by atoms with Gasteiger partial charge in [0.05, 0.1) is 37.6 Å². The van der Waals surface area contributed by atoms with Crippen LogP contribution in [0.25, 0.3) is 0 Å². The van der Waals surface area contributed by atoms with Crippen molar-refractivity contribution in [2.24, 2.45) is 0 Å². The van der Waals surface area contributed by atoms with Gasteiger partial charge in [-0.1, -0.05) is 0 Å². The number of amides is 1. The molecule has 0 aromatic heterocycles. The molecule has 7 nitrogen and oxygen atoms in total. The molecule has 0 fully saturated rings. The summed E-state index contributed by atoms with van der Waals surface area (Å²) < 4.78 is 24.0. The smallest absolute Gasteiger partial charge is 0.337 e. The van der Waals surface area contributed by atoms with Gasteiger partial charge in [-0.05, 0) is 26.0 Å². The Morgan fingerprint density at radius 2 is 2.16 bits per heavy atom. The molecule has 1 aromatic carbocycles. The molecule has 0 aliphatic carbocycles. The SMILES string of the molecule is COC(=O)C1=C(Nc2cc(F)ccc2OC(C)C)C(=O)N(CCO)C1. The molecule has 25 heavy (non-hydrogen) atoms. The highest BCUT2D eigenvalue weighted by Crippen LogP contribution is 2.30. The van der Waals surface area contributed by atoms with Crippen molar-refractivity contribution in [2.75, 3.05) is 32.1 Å². The first-order valence-electron chi connectivity index (χ1n) is 7.82. The largest absolute Gasteiger partial charge is 0.489 e. The number of hydrogen-bond donors (Lipinski definition) is 2. The highest BCUT2D eigenvalue weighted by molar-refractivity contribution is 6.08. The maximum absolute atomic E-state index is 13.6. The average Bonchev–Trinajstić information content (AvgIpc) is 2.86. The summed E-state index contributed by atoms with van der Waals surface area (Å²) in [6.07, 6.45) is -0.162. The number of aliphatic hydroxyl groups is 1. The summed E-state index contributed by atoms with van der Waals surface area (Å²) in [5.41, 5.74) is 0.324. The van der Waals surface area contributed by atoms with Crippen LogP contribution in [0.5, 0.6) is 5.75 Å². The van der Waals surface area contributed by atoms with Crippen LogP contribution in [0.3, 0.4) is 0 Å². The first kappa shape index (κ1) is 18.7. The van der Waals surface area contributed by atoms with E-state index in [1.807, 2.05) is 13.8 Å². The number of carbonyl (C=O) groups excluding carboxylic acids is 2. The van der Waals surface area contributed by atoms with E-state index in [9.17, 15) is 14.0 Å². The second-order valence-electron chi connectivity index (χ2n) is 5.73. The average molecular weight is 352 g/mol. The molecule has 1 heterocycles. The molecule has 1 aromatic rings. The molecule has 0 spiro atoms. The van der Waals surface area contributed by atoms with E-state index in [-0.39, 0.29) is 42.8 Å².